The van der Waals surface area contributed by atoms with E-state index in [9.17, 15) is 0 Å². The molecule has 0 aliphatic rings. The quantitative estimate of drug-likeness (QED) is 0.658. The summed E-state index contributed by atoms with van der Waals surface area (Å²) in [5.41, 5.74) is 1.04. The molecular formula is C9H9Cl2I. The maximum Gasteiger partial charge on any atom is 0.0465 e. The van der Waals surface area contributed by atoms with E-state index in [1.54, 1.807) is 0 Å². The lowest BCUT2D eigenvalue weighted by Crippen LogP contribution is -1.91. The van der Waals surface area contributed by atoms with Crippen LogP contribution in [0.2, 0.25) is 10.0 Å². The molecule has 0 atom stereocenters. The second kappa shape index (κ2) is 4.16. The molecular weight excluding hydrogens is 306 g/mol. The Morgan fingerprint density at radius 2 is 1.58 bits per heavy atom. The van der Waals surface area contributed by atoms with Crippen LogP contribution in [0.5, 0.6) is 0 Å². The van der Waals surface area contributed by atoms with Crippen LogP contribution in [-0.2, 0) is 0 Å². The molecule has 12 heavy (non-hydrogen) atoms. The minimum atomic E-state index is 0.377. The van der Waals surface area contributed by atoms with Gasteiger partial charge in [-0.15, -0.1) is 0 Å². The number of rotatable bonds is 1. The smallest absolute Gasteiger partial charge is 0.0465 e. The largest absolute Gasteiger partial charge is 0.0839 e. The van der Waals surface area contributed by atoms with Gasteiger partial charge in [0.05, 0.1) is 0 Å². The highest BCUT2D eigenvalue weighted by Gasteiger charge is 2.10. The molecule has 0 fully saturated rings. The van der Waals surface area contributed by atoms with E-state index in [0.29, 0.717) is 5.92 Å². The van der Waals surface area contributed by atoms with E-state index >= 15 is 0 Å². The highest BCUT2D eigenvalue weighted by Crippen LogP contribution is 2.32. The van der Waals surface area contributed by atoms with E-state index in [2.05, 4.69) is 36.4 Å². The van der Waals surface area contributed by atoms with Gasteiger partial charge in [0.25, 0.3) is 0 Å². The van der Waals surface area contributed by atoms with Crippen molar-refractivity contribution in [3.8, 4) is 0 Å². The summed E-state index contributed by atoms with van der Waals surface area (Å²) >= 11 is 14.3. The summed E-state index contributed by atoms with van der Waals surface area (Å²) in [6.07, 6.45) is 0. The number of benzene rings is 1. The monoisotopic (exact) mass is 314 g/mol. The molecule has 0 aromatic heterocycles. The van der Waals surface area contributed by atoms with Crippen LogP contribution in [0.4, 0.5) is 0 Å². The first-order chi connectivity index (χ1) is 5.52. The van der Waals surface area contributed by atoms with E-state index in [-0.39, 0.29) is 0 Å². The van der Waals surface area contributed by atoms with Gasteiger partial charge in [-0.2, -0.15) is 0 Å². The molecule has 66 valence electrons. The van der Waals surface area contributed by atoms with Gasteiger partial charge in [-0.25, -0.2) is 0 Å². The average Bonchev–Trinajstić information content (AvgIpc) is 1.82. The van der Waals surface area contributed by atoms with E-state index in [4.69, 9.17) is 23.2 Å². The van der Waals surface area contributed by atoms with Crippen molar-refractivity contribution in [2.75, 3.05) is 0 Å². The van der Waals surface area contributed by atoms with Gasteiger partial charge in [0, 0.05) is 13.6 Å². The van der Waals surface area contributed by atoms with Crippen LogP contribution in [0.25, 0.3) is 0 Å². The minimum absolute atomic E-state index is 0.377. The predicted octanol–water partition coefficient (Wildman–Crippen LogP) is 4.72. The Kier molecular flexibility index (Phi) is 3.68. The van der Waals surface area contributed by atoms with Gasteiger partial charge in [0.15, 0.2) is 0 Å². The molecule has 0 spiro atoms. The summed E-state index contributed by atoms with van der Waals surface area (Å²) in [7, 11) is 0. The van der Waals surface area contributed by atoms with Gasteiger partial charge in [-0.05, 0) is 46.2 Å². The van der Waals surface area contributed by atoms with Gasteiger partial charge in [0.1, 0.15) is 0 Å². The van der Waals surface area contributed by atoms with Gasteiger partial charge in [0.2, 0.25) is 0 Å². The van der Waals surface area contributed by atoms with Gasteiger partial charge >= 0.3 is 0 Å². The summed E-state index contributed by atoms with van der Waals surface area (Å²) in [5, 5.41) is 1.53. The summed E-state index contributed by atoms with van der Waals surface area (Å²) in [6.45, 7) is 4.17. The molecule has 1 aromatic carbocycles. The zero-order valence-electron chi connectivity index (χ0n) is 6.87. The topological polar surface area (TPSA) is 0 Å². The van der Waals surface area contributed by atoms with Crippen molar-refractivity contribution in [2.45, 2.75) is 19.8 Å². The van der Waals surface area contributed by atoms with Crippen molar-refractivity contribution in [3.63, 3.8) is 0 Å². The molecule has 0 heterocycles. The van der Waals surface area contributed by atoms with Crippen molar-refractivity contribution in [3.05, 3.63) is 31.3 Å². The first-order valence-electron chi connectivity index (χ1n) is 3.67. The summed E-state index contributed by atoms with van der Waals surface area (Å²) in [6, 6.07) is 3.87. The maximum absolute atomic E-state index is 6.04. The van der Waals surface area contributed by atoms with Gasteiger partial charge in [-0.1, -0.05) is 37.0 Å². The lowest BCUT2D eigenvalue weighted by Gasteiger charge is -2.10. The highest BCUT2D eigenvalue weighted by atomic mass is 127. The Labute approximate surface area is 96.4 Å². The SMILES string of the molecule is CC(C)c1c(Cl)cc(I)cc1Cl. The standard InChI is InChI=1S/C9H9Cl2I/c1-5(2)9-7(10)3-6(12)4-8(9)11/h3-5H,1-2H3. The Morgan fingerprint density at radius 1 is 1.17 bits per heavy atom. The second-order valence-electron chi connectivity index (χ2n) is 2.94. The fraction of sp³-hybridized carbons (Fsp3) is 0.333. The van der Waals surface area contributed by atoms with Crippen molar-refractivity contribution >= 4 is 45.8 Å². The number of halogens is 3. The molecule has 0 saturated carbocycles. The molecule has 3 heteroatoms. The van der Waals surface area contributed by atoms with Crippen LogP contribution >= 0.6 is 45.8 Å². The van der Waals surface area contributed by atoms with Gasteiger partial charge in [-0.3, -0.25) is 0 Å². The molecule has 0 amide bonds. The van der Waals surface area contributed by atoms with Gasteiger partial charge < -0.3 is 0 Å². The Morgan fingerprint density at radius 3 is 1.92 bits per heavy atom. The molecule has 0 N–H and O–H groups in total. The zero-order valence-corrected chi connectivity index (χ0v) is 10.5. The molecule has 0 radical (unpaired) electrons. The van der Waals surface area contributed by atoms with Crippen molar-refractivity contribution < 1.29 is 0 Å². The van der Waals surface area contributed by atoms with Crippen LogP contribution in [0.3, 0.4) is 0 Å². The maximum atomic E-state index is 6.04. The summed E-state index contributed by atoms with van der Waals surface area (Å²) in [5.74, 6) is 0.377. The highest BCUT2D eigenvalue weighted by molar-refractivity contribution is 14.1. The Bertz CT molecular complexity index is 272. The summed E-state index contributed by atoms with van der Waals surface area (Å²) < 4.78 is 1.08. The lowest BCUT2D eigenvalue weighted by molar-refractivity contribution is 0.867. The Hall–Kier alpha value is 0.530. The van der Waals surface area contributed by atoms with Crippen molar-refractivity contribution in [1.29, 1.82) is 0 Å². The normalized spacial score (nSPS) is 10.8. The molecule has 0 nitrogen and oxygen atoms in total. The third kappa shape index (κ3) is 2.27. The van der Waals surface area contributed by atoms with Crippen molar-refractivity contribution in [1.82, 2.24) is 0 Å². The summed E-state index contributed by atoms with van der Waals surface area (Å²) in [4.78, 5) is 0. The third-order valence-corrected chi connectivity index (χ3v) is 2.87. The molecule has 1 rings (SSSR count). The first kappa shape index (κ1) is 10.6. The number of hydrogen-bond acceptors (Lipinski definition) is 0. The van der Waals surface area contributed by atoms with E-state index in [1.165, 1.54) is 0 Å². The van der Waals surface area contributed by atoms with Crippen LogP contribution in [0.1, 0.15) is 25.3 Å². The number of hydrogen-bond donors (Lipinski definition) is 0. The fourth-order valence-electron chi connectivity index (χ4n) is 1.10. The average molecular weight is 315 g/mol. The van der Waals surface area contributed by atoms with Crippen LogP contribution < -0.4 is 0 Å². The van der Waals surface area contributed by atoms with E-state index < -0.39 is 0 Å². The lowest BCUT2D eigenvalue weighted by atomic mass is 10.0. The molecule has 0 aliphatic heterocycles. The molecule has 0 saturated heterocycles. The molecule has 0 aliphatic carbocycles. The Balaban J connectivity index is 3.28. The zero-order chi connectivity index (χ0) is 9.30. The van der Waals surface area contributed by atoms with Crippen LogP contribution in [0, 0.1) is 3.57 Å². The molecule has 1 aromatic rings. The fourth-order valence-corrected chi connectivity index (χ4v) is 3.02. The third-order valence-electron chi connectivity index (χ3n) is 1.62. The minimum Gasteiger partial charge on any atom is -0.0839 e. The van der Waals surface area contributed by atoms with Crippen LogP contribution in [0.15, 0.2) is 12.1 Å². The van der Waals surface area contributed by atoms with Crippen LogP contribution in [-0.4, -0.2) is 0 Å². The second-order valence-corrected chi connectivity index (χ2v) is 5.00. The molecule has 0 bridgehead atoms. The van der Waals surface area contributed by atoms with E-state index in [0.717, 1.165) is 19.2 Å². The predicted molar refractivity (Wildman–Crippen MR) is 63.3 cm³/mol. The van der Waals surface area contributed by atoms with Crippen molar-refractivity contribution in [2.24, 2.45) is 0 Å². The van der Waals surface area contributed by atoms with E-state index in [1.807, 2.05) is 12.1 Å². The first-order valence-corrected chi connectivity index (χ1v) is 5.50. The molecule has 0 unspecified atom stereocenters.